The molecule has 1 aliphatic rings. The van der Waals surface area contributed by atoms with Gasteiger partial charge in [0.25, 0.3) is 5.69 Å². The van der Waals surface area contributed by atoms with Gasteiger partial charge in [0.2, 0.25) is 5.91 Å². The third-order valence-electron chi connectivity index (χ3n) is 2.32. The number of rotatable bonds is 1. The first-order valence-corrected chi connectivity index (χ1v) is 5.58. The Kier molecular flexibility index (Phi) is 2.47. The fraction of sp³-hybridized carbons (Fsp3) is 0.222. The Morgan fingerprint density at radius 2 is 2.25 bits per heavy atom. The number of benzene rings is 1. The third kappa shape index (κ3) is 1.58. The second kappa shape index (κ2) is 3.67. The number of nitro groups is 1. The molecular weight excluding hydrogens is 232 g/mol. The summed E-state index contributed by atoms with van der Waals surface area (Å²) in [6.07, 6.45) is 0. The van der Waals surface area contributed by atoms with Gasteiger partial charge in [-0.15, -0.1) is 0 Å². The van der Waals surface area contributed by atoms with Crippen LogP contribution in [0.15, 0.2) is 23.1 Å². The summed E-state index contributed by atoms with van der Waals surface area (Å²) in [6, 6.07) is 4.14. The topological polar surface area (TPSA) is 80.5 Å². The van der Waals surface area contributed by atoms with Crippen LogP contribution in [0.2, 0.25) is 0 Å². The van der Waals surface area contributed by atoms with Crippen molar-refractivity contribution < 1.29 is 13.9 Å². The average molecular weight is 240 g/mol. The Bertz CT molecular complexity index is 514. The summed E-state index contributed by atoms with van der Waals surface area (Å²) < 4.78 is 13.0. The Hall–Kier alpha value is -1.76. The van der Waals surface area contributed by atoms with Crippen LogP contribution in [-0.2, 0) is 22.3 Å². The van der Waals surface area contributed by atoms with Crippen molar-refractivity contribution >= 4 is 22.6 Å². The van der Waals surface area contributed by atoms with Gasteiger partial charge in [-0.1, -0.05) is 0 Å². The summed E-state index contributed by atoms with van der Waals surface area (Å²) in [7, 11) is -1.61. The van der Waals surface area contributed by atoms with Crippen molar-refractivity contribution in [1.29, 1.82) is 0 Å². The van der Waals surface area contributed by atoms with Crippen LogP contribution in [0.25, 0.3) is 0 Å². The molecule has 1 heterocycles. The molecule has 1 amide bonds. The highest BCUT2D eigenvalue weighted by molar-refractivity contribution is 7.83. The zero-order valence-corrected chi connectivity index (χ0v) is 9.19. The van der Waals surface area contributed by atoms with E-state index in [1.54, 1.807) is 0 Å². The van der Waals surface area contributed by atoms with Crippen molar-refractivity contribution in [3.63, 3.8) is 0 Å². The molecule has 0 fully saturated rings. The van der Waals surface area contributed by atoms with Crippen molar-refractivity contribution in [3.05, 3.63) is 33.9 Å². The summed E-state index contributed by atoms with van der Waals surface area (Å²) >= 11 is 0. The molecule has 0 saturated carbocycles. The Labute approximate surface area is 93.6 Å². The molecule has 0 aromatic heterocycles. The molecule has 0 saturated heterocycles. The molecule has 84 valence electrons. The van der Waals surface area contributed by atoms with Crippen molar-refractivity contribution in [2.24, 2.45) is 0 Å². The van der Waals surface area contributed by atoms with Crippen molar-refractivity contribution in [3.8, 4) is 0 Å². The first-order valence-electron chi connectivity index (χ1n) is 4.48. The second-order valence-electron chi connectivity index (χ2n) is 3.35. The van der Waals surface area contributed by atoms with E-state index in [9.17, 15) is 19.1 Å². The van der Waals surface area contributed by atoms with Crippen molar-refractivity contribution in [2.75, 3.05) is 0 Å². The number of hydrogen-bond acceptors (Lipinski definition) is 4. The number of carbonyl (C=O) groups is 1. The lowest BCUT2D eigenvalue weighted by Gasteiger charge is -2.09. The van der Waals surface area contributed by atoms with E-state index in [2.05, 4.69) is 0 Å². The van der Waals surface area contributed by atoms with Crippen molar-refractivity contribution in [2.45, 2.75) is 18.4 Å². The largest absolute Gasteiger partial charge is 0.274 e. The summed E-state index contributed by atoms with van der Waals surface area (Å²) in [5.41, 5.74) is 0.580. The molecule has 2 rings (SSSR count). The van der Waals surface area contributed by atoms with Crippen LogP contribution in [0, 0.1) is 10.1 Å². The number of amides is 1. The summed E-state index contributed by atoms with van der Waals surface area (Å²) in [4.78, 5) is 21.5. The van der Waals surface area contributed by atoms with Crippen LogP contribution in [0.5, 0.6) is 0 Å². The summed E-state index contributed by atoms with van der Waals surface area (Å²) in [6.45, 7) is 1.56. The molecule has 1 aromatic carbocycles. The smallest absolute Gasteiger partial charge is 0.270 e. The van der Waals surface area contributed by atoms with Gasteiger partial charge in [0.05, 0.1) is 16.4 Å². The van der Waals surface area contributed by atoms with Crippen LogP contribution in [0.3, 0.4) is 0 Å². The normalized spacial score (nSPS) is 18.3. The SMILES string of the molecule is CC(=O)N1Cc2ccc([N+](=O)[O-])cc2S1=O. The Morgan fingerprint density at radius 3 is 2.81 bits per heavy atom. The first kappa shape index (κ1) is 10.7. The predicted octanol–water partition coefficient (Wildman–Crippen LogP) is 0.980. The van der Waals surface area contributed by atoms with E-state index < -0.39 is 15.9 Å². The molecule has 1 atom stereocenters. The lowest BCUT2D eigenvalue weighted by molar-refractivity contribution is -0.385. The van der Waals surface area contributed by atoms with Gasteiger partial charge in [-0.05, 0) is 11.6 Å². The van der Waals surface area contributed by atoms with Crippen LogP contribution in [0.4, 0.5) is 5.69 Å². The molecular formula is C9H8N2O4S. The van der Waals surface area contributed by atoms with Gasteiger partial charge in [0.15, 0.2) is 11.0 Å². The number of hydrogen-bond donors (Lipinski definition) is 0. The van der Waals surface area contributed by atoms with E-state index in [4.69, 9.17) is 0 Å². The molecule has 0 spiro atoms. The van der Waals surface area contributed by atoms with Crippen LogP contribution in [0.1, 0.15) is 12.5 Å². The van der Waals surface area contributed by atoms with Gasteiger partial charge in [0, 0.05) is 19.1 Å². The molecule has 7 heteroatoms. The highest BCUT2D eigenvalue weighted by Gasteiger charge is 2.30. The Balaban J connectivity index is 2.45. The van der Waals surface area contributed by atoms with Gasteiger partial charge in [-0.2, -0.15) is 0 Å². The minimum absolute atomic E-state index is 0.113. The monoisotopic (exact) mass is 240 g/mol. The predicted molar refractivity (Wildman–Crippen MR) is 55.7 cm³/mol. The lowest BCUT2D eigenvalue weighted by atomic mass is 10.2. The molecule has 0 aliphatic carbocycles. The maximum atomic E-state index is 11.8. The van der Waals surface area contributed by atoms with Crippen LogP contribution in [-0.4, -0.2) is 19.3 Å². The Morgan fingerprint density at radius 1 is 1.56 bits per heavy atom. The number of carbonyl (C=O) groups excluding carboxylic acids is 1. The minimum Gasteiger partial charge on any atom is -0.274 e. The maximum absolute atomic E-state index is 11.8. The zero-order valence-electron chi connectivity index (χ0n) is 8.37. The molecule has 0 radical (unpaired) electrons. The second-order valence-corrected chi connectivity index (χ2v) is 4.73. The van der Waals surface area contributed by atoms with E-state index in [0.717, 1.165) is 0 Å². The van der Waals surface area contributed by atoms with E-state index in [1.165, 1.54) is 29.4 Å². The van der Waals surface area contributed by atoms with Crippen molar-refractivity contribution in [1.82, 2.24) is 4.31 Å². The van der Waals surface area contributed by atoms with Gasteiger partial charge >= 0.3 is 0 Å². The molecule has 1 aromatic rings. The number of fused-ring (bicyclic) bond motifs is 1. The number of non-ortho nitro benzene ring substituents is 1. The van der Waals surface area contributed by atoms with E-state index in [-0.39, 0.29) is 18.1 Å². The summed E-state index contributed by atoms with van der Waals surface area (Å²) in [5, 5.41) is 10.5. The first-order chi connectivity index (χ1) is 7.50. The fourth-order valence-corrected chi connectivity index (χ4v) is 2.82. The average Bonchev–Trinajstić information content (AvgIpc) is 2.56. The molecule has 1 unspecified atom stereocenters. The van der Waals surface area contributed by atoms with Crippen LogP contribution < -0.4 is 0 Å². The van der Waals surface area contributed by atoms with Gasteiger partial charge < -0.3 is 0 Å². The van der Waals surface area contributed by atoms with Gasteiger partial charge in [-0.3, -0.25) is 19.2 Å². The molecule has 6 nitrogen and oxygen atoms in total. The highest BCUT2D eigenvalue weighted by Crippen LogP contribution is 2.30. The fourth-order valence-electron chi connectivity index (χ4n) is 1.51. The van der Waals surface area contributed by atoms with E-state index in [0.29, 0.717) is 10.5 Å². The summed E-state index contributed by atoms with van der Waals surface area (Å²) in [5.74, 6) is -0.308. The number of nitro benzene ring substituents is 1. The quantitative estimate of drug-likeness (QED) is 0.541. The zero-order chi connectivity index (χ0) is 11.9. The number of nitrogens with zero attached hydrogens (tertiary/aromatic N) is 2. The molecule has 16 heavy (non-hydrogen) atoms. The van der Waals surface area contributed by atoms with Crippen LogP contribution >= 0.6 is 0 Å². The van der Waals surface area contributed by atoms with E-state index >= 15 is 0 Å². The van der Waals surface area contributed by atoms with E-state index in [1.807, 2.05) is 0 Å². The maximum Gasteiger partial charge on any atom is 0.270 e. The lowest BCUT2D eigenvalue weighted by Crippen LogP contribution is -2.24. The highest BCUT2D eigenvalue weighted by atomic mass is 32.2. The van der Waals surface area contributed by atoms with Gasteiger partial charge in [-0.25, -0.2) is 4.21 Å². The molecule has 1 aliphatic heterocycles. The molecule has 0 bridgehead atoms. The van der Waals surface area contributed by atoms with Gasteiger partial charge in [0.1, 0.15) is 0 Å². The third-order valence-corrected chi connectivity index (χ3v) is 3.86. The standard InChI is InChI=1S/C9H8N2O4S/c1-6(12)10-5-7-2-3-8(11(13)14)4-9(7)16(10)15/h2-4H,5H2,1H3. The minimum atomic E-state index is -1.61. The molecule has 0 N–H and O–H groups in total.